The lowest BCUT2D eigenvalue weighted by atomic mass is 10.1. The van der Waals surface area contributed by atoms with Gasteiger partial charge in [0.15, 0.2) is 11.5 Å². The number of aromatic hydroxyl groups is 1. The second-order valence-corrected chi connectivity index (χ2v) is 3.52. The predicted octanol–water partition coefficient (Wildman–Crippen LogP) is 2.70. The Bertz CT molecular complexity index is 385. The van der Waals surface area contributed by atoms with Crippen LogP contribution in [0.25, 0.3) is 6.08 Å². The molecule has 15 heavy (non-hydrogen) atoms. The third-order valence-corrected chi connectivity index (χ3v) is 2.39. The van der Waals surface area contributed by atoms with Crippen molar-refractivity contribution in [2.45, 2.75) is 12.8 Å². The molecule has 2 nitrogen and oxygen atoms in total. The molecule has 0 bridgehead atoms. The lowest BCUT2D eigenvalue weighted by Gasteiger charge is -2.09. The molecule has 1 N–H and O–H groups in total. The third-order valence-electron chi connectivity index (χ3n) is 2.39. The lowest BCUT2D eigenvalue weighted by molar-refractivity contribution is 0.277. The molecular weight excluding hydrogens is 195 g/mol. The summed E-state index contributed by atoms with van der Waals surface area (Å²) in [6.07, 6.45) is 5.24. The summed E-state index contributed by atoms with van der Waals surface area (Å²) in [6.45, 7) is -0.0937. The second kappa shape index (κ2) is 4.34. The van der Waals surface area contributed by atoms with Gasteiger partial charge < -0.3 is 9.84 Å². The van der Waals surface area contributed by atoms with Crippen molar-refractivity contribution in [1.82, 2.24) is 0 Å². The zero-order valence-corrected chi connectivity index (χ0v) is 8.37. The quantitative estimate of drug-likeness (QED) is 0.771. The minimum absolute atomic E-state index is 0.124. The topological polar surface area (TPSA) is 29.5 Å². The van der Waals surface area contributed by atoms with E-state index in [9.17, 15) is 9.50 Å². The fraction of sp³-hybridized carbons (Fsp3) is 0.333. The van der Waals surface area contributed by atoms with Crippen molar-refractivity contribution in [3.63, 3.8) is 0 Å². The maximum Gasteiger partial charge on any atom is 0.161 e. The molecule has 0 aromatic heterocycles. The van der Waals surface area contributed by atoms with E-state index >= 15 is 0 Å². The summed E-state index contributed by atoms with van der Waals surface area (Å²) >= 11 is 0. The Hall–Kier alpha value is -1.51. The number of ether oxygens (including phenoxy) is 1. The highest BCUT2D eigenvalue weighted by Crippen LogP contribution is 2.33. The Balaban J connectivity index is 2.12. The van der Waals surface area contributed by atoms with Crippen LogP contribution >= 0.6 is 0 Å². The van der Waals surface area contributed by atoms with Gasteiger partial charge in [-0.25, -0.2) is 0 Å². The van der Waals surface area contributed by atoms with E-state index in [1.54, 1.807) is 6.07 Å². The molecule has 3 heteroatoms. The van der Waals surface area contributed by atoms with Gasteiger partial charge in [-0.2, -0.15) is 0 Å². The Morgan fingerprint density at radius 2 is 2.27 bits per heavy atom. The predicted molar refractivity (Wildman–Crippen MR) is 56.9 cm³/mol. The number of benzene rings is 1. The lowest BCUT2D eigenvalue weighted by Crippen LogP contribution is -1.99. The minimum Gasteiger partial charge on any atom is -0.504 e. The van der Waals surface area contributed by atoms with E-state index in [4.69, 9.17) is 4.74 Å². The third kappa shape index (κ3) is 2.12. The number of halogens is 1. The molecule has 0 saturated carbocycles. The zero-order chi connectivity index (χ0) is 10.7. The average Bonchev–Trinajstić information content (AvgIpc) is 2.65. The average molecular weight is 208 g/mol. The van der Waals surface area contributed by atoms with Crippen LogP contribution in [0.15, 0.2) is 18.2 Å². The Kier molecular flexibility index (Phi) is 2.90. The number of hydrogen-bond donors (Lipinski definition) is 1. The summed E-state index contributed by atoms with van der Waals surface area (Å²) in [7, 11) is 0. The van der Waals surface area contributed by atoms with Crippen LogP contribution in [0.2, 0.25) is 0 Å². The molecule has 0 atom stereocenters. The van der Waals surface area contributed by atoms with Crippen LogP contribution in [0.1, 0.15) is 17.5 Å². The van der Waals surface area contributed by atoms with Crippen molar-refractivity contribution < 1.29 is 14.2 Å². The van der Waals surface area contributed by atoms with Crippen molar-refractivity contribution in [2.24, 2.45) is 0 Å². The van der Waals surface area contributed by atoms with Crippen LogP contribution in [0.5, 0.6) is 11.5 Å². The first-order chi connectivity index (χ1) is 7.31. The molecule has 0 unspecified atom stereocenters. The van der Waals surface area contributed by atoms with E-state index in [-0.39, 0.29) is 5.75 Å². The fourth-order valence-electron chi connectivity index (χ4n) is 1.62. The Morgan fingerprint density at radius 1 is 1.40 bits per heavy atom. The fourth-order valence-corrected chi connectivity index (χ4v) is 1.62. The van der Waals surface area contributed by atoms with Gasteiger partial charge in [-0.1, -0.05) is 12.2 Å². The van der Waals surface area contributed by atoms with Gasteiger partial charge in [0.05, 0.1) is 13.3 Å². The molecule has 1 aromatic rings. The monoisotopic (exact) mass is 208 g/mol. The molecule has 1 aromatic carbocycles. The summed E-state index contributed by atoms with van der Waals surface area (Å²) in [5.74, 6) is 0.574. The van der Waals surface area contributed by atoms with E-state index in [0.717, 1.165) is 17.5 Å². The van der Waals surface area contributed by atoms with Gasteiger partial charge in [-0.15, -0.1) is 0 Å². The summed E-state index contributed by atoms with van der Waals surface area (Å²) in [5, 5.41) is 9.62. The van der Waals surface area contributed by atoms with Gasteiger partial charge >= 0.3 is 0 Å². The van der Waals surface area contributed by atoms with Gasteiger partial charge in [0, 0.05) is 6.42 Å². The number of alkyl halides is 1. The van der Waals surface area contributed by atoms with E-state index < -0.39 is 6.67 Å². The van der Waals surface area contributed by atoms with Gasteiger partial charge in [0.2, 0.25) is 0 Å². The molecule has 80 valence electrons. The van der Waals surface area contributed by atoms with E-state index in [0.29, 0.717) is 18.8 Å². The summed E-state index contributed by atoms with van der Waals surface area (Å²) in [5.41, 5.74) is 2.17. The number of rotatable bonds is 4. The first kappa shape index (κ1) is 10.0. The number of allylic oxidation sites excluding steroid dienone is 1. The van der Waals surface area contributed by atoms with Crippen molar-refractivity contribution in [3.8, 4) is 11.5 Å². The van der Waals surface area contributed by atoms with Crippen LogP contribution < -0.4 is 4.74 Å². The first-order valence-electron chi connectivity index (χ1n) is 5.02. The summed E-state index contributed by atoms with van der Waals surface area (Å²) < 4.78 is 17.1. The van der Waals surface area contributed by atoms with Gasteiger partial charge in [0.25, 0.3) is 0 Å². The van der Waals surface area contributed by atoms with Crippen LogP contribution in [0, 0.1) is 0 Å². The van der Waals surface area contributed by atoms with Crippen molar-refractivity contribution >= 4 is 6.08 Å². The standard InChI is InChI=1S/C12H13FO2/c13-5-2-6-15-12-8-10-4-1-3-9(10)7-11(12)14/h1,3,7-8,14H,2,4-6H2. The number of fused-ring (bicyclic) bond motifs is 1. The minimum atomic E-state index is -0.396. The van der Waals surface area contributed by atoms with Crippen LogP contribution in [-0.2, 0) is 6.42 Å². The Labute approximate surface area is 88.0 Å². The van der Waals surface area contributed by atoms with Crippen molar-refractivity contribution in [1.29, 1.82) is 0 Å². The van der Waals surface area contributed by atoms with Gasteiger partial charge in [0.1, 0.15) is 0 Å². The zero-order valence-electron chi connectivity index (χ0n) is 8.37. The first-order valence-corrected chi connectivity index (χ1v) is 5.02. The molecule has 0 heterocycles. The molecule has 1 aliphatic rings. The van der Waals surface area contributed by atoms with Crippen LogP contribution in [0.3, 0.4) is 0 Å². The molecular formula is C12H13FO2. The van der Waals surface area contributed by atoms with Crippen molar-refractivity contribution in [3.05, 3.63) is 29.3 Å². The highest BCUT2D eigenvalue weighted by Gasteiger charge is 2.11. The highest BCUT2D eigenvalue weighted by molar-refractivity contribution is 5.64. The van der Waals surface area contributed by atoms with E-state index in [1.165, 1.54) is 0 Å². The van der Waals surface area contributed by atoms with E-state index in [2.05, 4.69) is 0 Å². The molecule has 1 aliphatic carbocycles. The molecule has 0 radical (unpaired) electrons. The van der Waals surface area contributed by atoms with Crippen LogP contribution in [0.4, 0.5) is 4.39 Å². The Morgan fingerprint density at radius 3 is 3.07 bits per heavy atom. The van der Waals surface area contributed by atoms with E-state index in [1.807, 2.05) is 18.2 Å². The van der Waals surface area contributed by atoms with Gasteiger partial charge in [-0.3, -0.25) is 4.39 Å². The molecule has 0 spiro atoms. The number of phenolic OH excluding ortho intramolecular Hbond substituents is 1. The van der Waals surface area contributed by atoms with Crippen LogP contribution in [-0.4, -0.2) is 18.4 Å². The molecule has 2 rings (SSSR count). The van der Waals surface area contributed by atoms with Crippen molar-refractivity contribution in [2.75, 3.05) is 13.3 Å². The van der Waals surface area contributed by atoms with Gasteiger partial charge in [-0.05, 0) is 29.7 Å². The molecule has 0 fully saturated rings. The molecule has 0 saturated heterocycles. The molecule has 0 amide bonds. The second-order valence-electron chi connectivity index (χ2n) is 3.52. The normalized spacial score (nSPS) is 12.9. The SMILES string of the molecule is Oc1cc2c(cc1OCCCF)CC=C2. The summed E-state index contributed by atoms with van der Waals surface area (Å²) in [6, 6.07) is 3.51. The number of phenols is 1. The largest absolute Gasteiger partial charge is 0.504 e. The number of hydrogen-bond acceptors (Lipinski definition) is 2. The maximum atomic E-state index is 11.9. The highest BCUT2D eigenvalue weighted by atomic mass is 19.1. The summed E-state index contributed by atoms with van der Waals surface area (Å²) in [4.78, 5) is 0. The maximum absolute atomic E-state index is 11.9. The smallest absolute Gasteiger partial charge is 0.161 e. The molecule has 0 aliphatic heterocycles.